The maximum Gasteiger partial charge on any atom is 0.311 e. The standard InChI is InChI=1S/C20H23ClN2O4/c1-3-20(4-2,19(26)27)13-22-18(25)15-9-10-17(24)23(12-15)11-14-7-5-6-8-16(14)21/h5-10,12H,3-4,11,13H2,1-2H3,(H,22,25)(H,26,27). The predicted octanol–water partition coefficient (Wildman–Crippen LogP) is 3.17. The van der Waals surface area contributed by atoms with Crippen LogP contribution >= 0.6 is 11.6 Å². The smallest absolute Gasteiger partial charge is 0.311 e. The Morgan fingerprint density at radius 2 is 1.81 bits per heavy atom. The van der Waals surface area contributed by atoms with Crippen molar-refractivity contribution in [2.75, 3.05) is 6.54 Å². The Kier molecular flexibility index (Phi) is 6.80. The van der Waals surface area contributed by atoms with Crippen LogP contribution in [0.1, 0.15) is 42.6 Å². The zero-order valence-electron chi connectivity index (χ0n) is 15.4. The molecule has 0 aliphatic heterocycles. The molecule has 7 heteroatoms. The molecule has 27 heavy (non-hydrogen) atoms. The molecular formula is C20H23ClN2O4. The highest BCUT2D eigenvalue weighted by Gasteiger charge is 2.35. The first-order chi connectivity index (χ1) is 12.8. The fraction of sp³-hybridized carbons (Fsp3) is 0.350. The largest absolute Gasteiger partial charge is 0.481 e. The lowest BCUT2D eigenvalue weighted by Gasteiger charge is -2.26. The summed E-state index contributed by atoms with van der Waals surface area (Å²) in [5, 5.41) is 12.7. The van der Waals surface area contributed by atoms with Gasteiger partial charge in [0, 0.05) is 23.8 Å². The van der Waals surface area contributed by atoms with Crippen LogP contribution in [0.25, 0.3) is 0 Å². The molecule has 1 aromatic heterocycles. The number of aliphatic carboxylic acids is 1. The van der Waals surface area contributed by atoms with Crippen molar-refractivity contribution in [2.45, 2.75) is 33.2 Å². The third kappa shape index (κ3) is 4.77. The molecule has 0 spiro atoms. The number of halogens is 1. The Morgan fingerprint density at radius 3 is 2.41 bits per heavy atom. The van der Waals surface area contributed by atoms with Crippen LogP contribution in [0.3, 0.4) is 0 Å². The third-order valence-corrected chi connectivity index (χ3v) is 5.31. The van der Waals surface area contributed by atoms with Gasteiger partial charge in [0.25, 0.3) is 11.5 Å². The van der Waals surface area contributed by atoms with Crippen LogP contribution in [-0.2, 0) is 11.3 Å². The maximum absolute atomic E-state index is 12.5. The molecule has 1 heterocycles. The van der Waals surface area contributed by atoms with E-state index in [0.29, 0.717) is 17.9 Å². The van der Waals surface area contributed by atoms with E-state index in [0.717, 1.165) is 5.56 Å². The number of hydrogen-bond acceptors (Lipinski definition) is 3. The third-order valence-electron chi connectivity index (χ3n) is 4.94. The summed E-state index contributed by atoms with van der Waals surface area (Å²) < 4.78 is 1.40. The fourth-order valence-corrected chi connectivity index (χ4v) is 3.02. The summed E-state index contributed by atoms with van der Waals surface area (Å²) in [6, 6.07) is 9.92. The number of hydrogen-bond donors (Lipinski definition) is 2. The zero-order chi connectivity index (χ0) is 20.0. The molecule has 1 amide bonds. The van der Waals surface area contributed by atoms with E-state index >= 15 is 0 Å². The van der Waals surface area contributed by atoms with Gasteiger partial charge in [-0.1, -0.05) is 43.6 Å². The molecule has 144 valence electrons. The average molecular weight is 391 g/mol. The first-order valence-electron chi connectivity index (χ1n) is 8.78. The van der Waals surface area contributed by atoms with Crippen molar-refractivity contribution in [3.63, 3.8) is 0 Å². The van der Waals surface area contributed by atoms with Crippen molar-refractivity contribution in [1.82, 2.24) is 9.88 Å². The summed E-state index contributed by atoms with van der Waals surface area (Å²) in [6.07, 6.45) is 2.28. The summed E-state index contributed by atoms with van der Waals surface area (Å²) >= 11 is 6.14. The molecular weight excluding hydrogens is 368 g/mol. The topological polar surface area (TPSA) is 88.4 Å². The molecule has 2 rings (SSSR count). The molecule has 0 fully saturated rings. The molecule has 0 aliphatic rings. The first-order valence-corrected chi connectivity index (χ1v) is 9.16. The van der Waals surface area contributed by atoms with E-state index in [1.54, 1.807) is 26.0 Å². The van der Waals surface area contributed by atoms with E-state index in [1.807, 2.05) is 12.1 Å². The first kappa shape index (κ1) is 20.7. The Hall–Kier alpha value is -2.60. The van der Waals surface area contributed by atoms with E-state index < -0.39 is 17.3 Å². The number of pyridine rings is 1. The average Bonchev–Trinajstić information content (AvgIpc) is 2.66. The van der Waals surface area contributed by atoms with Crippen LogP contribution in [0.4, 0.5) is 0 Å². The number of carboxylic acid groups (broad SMARTS) is 1. The minimum Gasteiger partial charge on any atom is -0.481 e. The highest BCUT2D eigenvalue weighted by molar-refractivity contribution is 6.31. The molecule has 0 saturated heterocycles. The summed E-state index contributed by atoms with van der Waals surface area (Å²) in [7, 11) is 0. The van der Waals surface area contributed by atoms with Gasteiger partial charge in [-0.15, -0.1) is 0 Å². The lowest BCUT2D eigenvalue weighted by molar-refractivity contribution is -0.149. The van der Waals surface area contributed by atoms with Crippen molar-refractivity contribution in [3.8, 4) is 0 Å². The lowest BCUT2D eigenvalue weighted by atomic mass is 9.82. The Bertz CT molecular complexity index is 888. The van der Waals surface area contributed by atoms with Gasteiger partial charge in [-0.25, -0.2) is 0 Å². The Balaban J connectivity index is 2.19. The molecule has 1 aromatic carbocycles. The second-order valence-electron chi connectivity index (χ2n) is 6.45. The van der Waals surface area contributed by atoms with E-state index in [2.05, 4.69) is 5.32 Å². The second kappa shape index (κ2) is 8.86. The maximum atomic E-state index is 12.5. The van der Waals surface area contributed by atoms with Crippen LogP contribution in [0.5, 0.6) is 0 Å². The normalized spacial score (nSPS) is 11.2. The predicted molar refractivity (Wildman–Crippen MR) is 104 cm³/mol. The van der Waals surface area contributed by atoms with Gasteiger partial charge >= 0.3 is 5.97 Å². The number of aromatic nitrogens is 1. The van der Waals surface area contributed by atoms with Gasteiger partial charge in [-0.05, 0) is 30.5 Å². The number of carbonyl (C=O) groups is 2. The van der Waals surface area contributed by atoms with Gasteiger partial charge in [0.05, 0.1) is 17.5 Å². The number of nitrogens with zero attached hydrogens (tertiary/aromatic N) is 1. The van der Waals surface area contributed by atoms with Crippen molar-refractivity contribution in [3.05, 3.63) is 69.1 Å². The SMILES string of the molecule is CCC(CC)(CNC(=O)c1ccc(=O)n(Cc2ccccc2Cl)c1)C(=O)O. The number of amides is 1. The van der Waals surface area contributed by atoms with Crippen LogP contribution in [-0.4, -0.2) is 28.1 Å². The molecule has 0 bridgehead atoms. The molecule has 0 aliphatic carbocycles. The summed E-state index contributed by atoms with van der Waals surface area (Å²) in [5.41, 5.74) is -0.205. The Labute approximate surface area is 162 Å². The van der Waals surface area contributed by atoms with E-state index in [1.165, 1.54) is 22.9 Å². The fourth-order valence-electron chi connectivity index (χ4n) is 2.83. The van der Waals surface area contributed by atoms with Gasteiger partial charge in [-0.2, -0.15) is 0 Å². The molecule has 2 N–H and O–H groups in total. The number of benzene rings is 1. The quantitative estimate of drug-likeness (QED) is 0.724. The van der Waals surface area contributed by atoms with Crippen molar-refractivity contribution in [2.24, 2.45) is 5.41 Å². The van der Waals surface area contributed by atoms with E-state index in [9.17, 15) is 19.5 Å². The molecule has 0 unspecified atom stereocenters. The highest BCUT2D eigenvalue weighted by Crippen LogP contribution is 2.25. The van der Waals surface area contributed by atoms with Crippen LogP contribution in [0.15, 0.2) is 47.4 Å². The van der Waals surface area contributed by atoms with Gasteiger partial charge in [-0.3, -0.25) is 14.4 Å². The van der Waals surface area contributed by atoms with Crippen molar-refractivity contribution < 1.29 is 14.7 Å². The van der Waals surface area contributed by atoms with Crippen molar-refractivity contribution in [1.29, 1.82) is 0 Å². The molecule has 0 saturated carbocycles. The second-order valence-corrected chi connectivity index (χ2v) is 6.86. The van der Waals surface area contributed by atoms with Crippen LogP contribution in [0, 0.1) is 5.41 Å². The minimum absolute atomic E-state index is 0.0256. The van der Waals surface area contributed by atoms with Crippen LogP contribution in [0.2, 0.25) is 5.02 Å². The number of carbonyl (C=O) groups excluding carboxylic acids is 1. The Morgan fingerprint density at radius 1 is 1.15 bits per heavy atom. The number of carboxylic acids is 1. The van der Waals surface area contributed by atoms with Gasteiger partial charge < -0.3 is 15.0 Å². The van der Waals surface area contributed by atoms with Gasteiger partial charge in [0.15, 0.2) is 0 Å². The summed E-state index contributed by atoms with van der Waals surface area (Å²) in [5.74, 6) is -1.35. The van der Waals surface area contributed by atoms with Gasteiger partial charge in [0.1, 0.15) is 0 Å². The highest BCUT2D eigenvalue weighted by atomic mass is 35.5. The van der Waals surface area contributed by atoms with Gasteiger partial charge in [0.2, 0.25) is 0 Å². The monoisotopic (exact) mass is 390 g/mol. The minimum atomic E-state index is -0.998. The zero-order valence-corrected chi connectivity index (χ0v) is 16.1. The number of rotatable bonds is 8. The molecule has 0 atom stereocenters. The summed E-state index contributed by atoms with van der Waals surface area (Å²) in [6.45, 7) is 3.83. The molecule has 0 radical (unpaired) electrons. The van der Waals surface area contributed by atoms with Crippen LogP contribution < -0.4 is 10.9 Å². The molecule has 6 nitrogen and oxygen atoms in total. The summed E-state index contributed by atoms with van der Waals surface area (Å²) in [4.78, 5) is 36.2. The lowest BCUT2D eigenvalue weighted by Crippen LogP contribution is -2.42. The van der Waals surface area contributed by atoms with E-state index in [4.69, 9.17) is 11.6 Å². The number of nitrogens with one attached hydrogen (secondary N) is 1. The molecule has 2 aromatic rings. The van der Waals surface area contributed by atoms with E-state index in [-0.39, 0.29) is 24.2 Å². The van der Waals surface area contributed by atoms with Crippen molar-refractivity contribution >= 4 is 23.5 Å².